The molecule has 14 heavy (non-hydrogen) atoms. The number of hydrogen-bond acceptors (Lipinski definition) is 2. The fourth-order valence-corrected chi connectivity index (χ4v) is 2.02. The number of hydrogen-bond donors (Lipinski definition) is 0. The van der Waals surface area contributed by atoms with Crippen molar-refractivity contribution in [2.24, 2.45) is 0 Å². The van der Waals surface area contributed by atoms with E-state index < -0.39 is 0 Å². The van der Waals surface area contributed by atoms with E-state index in [0.29, 0.717) is 0 Å². The van der Waals surface area contributed by atoms with Crippen molar-refractivity contribution < 1.29 is 4.74 Å². The van der Waals surface area contributed by atoms with Gasteiger partial charge in [-0.1, -0.05) is 0 Å². The van der Waals surface area contributed by atoms with Crippen LogP contribution in [0.15, 0.2) is 24.3 Å². The SMILES string of the molecule is COc1cccc(CCC[Se]C#N)c1. The van der Waals surface area contributed by atoms with Gasteiger partial charge in [-0.15, -0.1) is 0 Å². The summed E-state index contributed by atoms with van der Waals surface area (Å²) in [7, 11) is 1.68. The van der Waals surface area contributed by atoms with Crippen molar-refractivity contribution >= 4 is 15.0 Å². The maximum absolute atomic E-state index is 8.40. The molecule has 0 aliphatic rings. The molecule has 0 atom stereocenters. The number of ether oxygens (including phenoxy) is 1. The van der Waals surface area contributed by atoms with Crippen LogP contribution in [0.2, 0.25) is 5.32 Å². The first-order valence-corrected chi connectivity index (χ1v) is 6.57. The molecule has 2 nitrogen and oxygen atoms in total. The normalized spacial score (nSPS) is 9.43. The van der Waals surface area contributed by atoms with Gasteiger partial charge in [0.1, 0.15) is 0 Å². The van der Waals surface area contributed by atoms with Crippen LogP contribution in [0.1, 0.15) is 12.0 Å². The third-order valence-electron chi connectivity index (χ3n) is 1.91. The number of benzene rings is 1. The molecule has 3 heteroatoms. The van der Waals surface area contributed by atoms with Crippen LogP contribution in [0, 0.1) is 10.2 Å². The monoisotopic (exact) mass is 255 g/mol. The molecule has 0 spiro atoms. The van der Waals surface area contributed by atoms with Gasteiger partial charge in [-0.3, -0.25) is 0 Å². The molecule has 1 aromatic carbocycles. The zero-order valence-electron chi connectivity index (χ0n) is 8.19. The summed E-state index contributed by atoms with van der Waals surface area (Å²) in [6.45, 7) is 0. The van der Waals surface area contributed by atoms with Crippen LogP contribution in [0.5, 0.6) is 5.75 Å². The number of rotatable bonds is 5. The van der Waals surface area contributed by atoms with Crippen molar-refractivity contribution in [1.82, 2.24) is 0 Å². The van der Waals surface area contributed by atoms with Gasteiger partial charge in [0.15, 0.2) is 0 Å². The quantitative estimate of drug-likeness (QED) is 0.596. The average molecular weight is 254 g/mol. The van der Waals surface area contributed by atoms with E-state index >= 15 is 0 Å². The Kier molecular flexibility index (Phi) is 5.14. The predicted molar refractivity (Wildman–Crippen MR) is 57.5 cm³/mol. The van der Waals surface area contributed by atoms with E-state index in [1.807, 2.05) is 12.1 Å². The molecule has 0 heterocycles. The summed E-state index contributed by atoms with van der Waals surface area (Å²) < 4.78 is 5.13. The van der Waals surface area contributed by atoms with Crippen LogP contribution in [-0.4, -0.2) is 22.1 Å². The Morgan fingerprint density at radius 2 is 2.36 bits per heavy atom. The summed E-state index contributed by atoms with van der Waals surface area (Å²) in [6.07, 6.45) is 2.14. The molecule has 0 fully saturated rings. The molecule has 1 aromatic rings. The van der Waals surface area contributed by atoms with Crippen LogP contribution in [0.3, 0.4) is 0 Å². The van der Waals surface area contributed by atoms with Crippen molar-refractivity contribution in [1.29, 1.82) is 5.26 Å². The average Bonchev–Trinajstić information content (AvgIpc) is 2.25. The molecule has 1 rings (SSSR count). The van der Waals surface area contributed by atoms with Gasteiger partial charge in [0.2, 0.25) is 0 Å². The molecule has 0 amide bonds. The van der Waals surface area contributed by atoms with Crippen LogP contribution in [0.25, 0.3) is 0 Å². The molecule has 0 bridgehead atoms. The third kappa shape index (κ3) is 3.83. The van der Waals surface area contributed by atoms with E-state index in [4.69, 9.17) is 10.00 Å². The van der Waals surface area contributed by atoms with Gasteiger partial charge >= 0.3 is 90.8 Å². The van der Waals surface area contributed by atoms with E-state index in [-0.39, 0.29) is 15.0 Å². The van der Waals surface area contributed by atoms with Crippen molar-refractivity contribution in [3.05, 3.63) is 29.8 Å². The molecule has 0 saturated heterocycles. The Morgan fingerprint density at radius 3 is 3.07 bits per heavy atom. The minimum atomic E-state index is 0.166. The molecule has 0 unspecified atom stereocenters. The summed E-state index contributed by atoms with van der Waals surface area (Å²) in [5.74, 6) is 0.910. The molecule has 0 radical (unpaired) electrons. The van der Waals surface area contributed by atoms with Gasteiger partial charge in [0.25, 0.3) is 0 Å². The summed E-state index contributed by atoms with van der Waals surface area (Å²) in [4.78, 5) is 2.21. The summed E-state index contributed by atoms with van der Waals surface area (Å²) in [5.41, 5.74) is 1.29. The van der Waals surface area contributed by atoms with Crippen LogP contribution >= 0.6 is 0 Å². The van der Waals surface area contributed by atoms with Crippen molar-refractivity contribution in [3.63, 3.8) is 0 Å². The van der Waals surface area contributed by atoms with Crippen LogP contribution in [-0.2, 0) is 6.42 Å². The standard InChI is InChI=1S/C11H13NOSe/c1-13-11-6-2-4-10(8-11)5-3-7-14-9-12/h2,4,6,8H,3,5,7H2,1H3. The van der Waals surface area contributed by atoms with E-state index in [9.17, 15) is 0 Å². The van der Waals surface area contributed by atoms with E-state index in [0.717, 1.165) is 23.9 Å². The topological polar surface area (TPSA) is 33.0 Å². The van der Waals surface area contributed by atoms with Gasteiger partial charge < -0.3 is 0 Å². The van der Waals surface area contributed by atoms with Crippen molar-refractivity contribution in [2.75, 3.05) is 7.11 Å². The molecule has 0 saturated carbocycles. The predicted octanol–water partition coefficient (Wildman–Crippen LogP) is 2.23. The molecule has 0 N–H and O–H groups in total. The second-order valence-electron chi connectivity index (χ2n) is 2.89. The zero-order chi connectivity index (χ0) is 10.2. The zero-order valence-corrected chi connectivity index (χ0v) is 9.91. The van der Waals surface area contributed by atoms with E-state index in [1.54, 1.807) is 7.11 Å². The van der Waals surface area contributed by atoms with Crippen LogP contribution < -0.4 is 4.74 Å². The summed E-state index contributed by atoms with van der Waals surface area (Å²) >= 11 is 0.166. The number of methoxy groups -OCH3 is 1. The number of aryl methyl sites for hydroxylation is 1. The number of nitriles is 1. The number of nitrogens with zero attached hydrogens (tertiary/aromatic N) is 1. The van der Waals surface area contributed by atoms with Gasteiger partial charge in [0.05, 0.1) is 0 Å². The summed E-state index contributed by atoms with van der Waals surface area (Å²) in [6, 6.07) is 8.10. The first kappa shape index (κ1) is 11.1. The Hall–Kier alpha value is -0.971. The second-order valence-corrected chi connectivity index (χ2v) is 4.74. The fourth-order valence-electron chi connectivity index (χ4n) is 1.22. The van der Waals surface area contributed by atoms with Gasteiger partial charge in [-0.2, -0.15) is 0 Å². The van der Waals surface area contributed by atoms with Crippen LogP contribution in [0.4, 0.5) is 0 Å². The first-order chi connectivity index (χ1) is 6.86. The van der Waals surface area contributed by atoms with Crippen molar-refractivity contribution in [2.45, 2.75) is 18.2 Å². The summed E-state index contributed by atoms with van der Waals surface area (Å²) in [5, 5.41) is 9.45. The van der Waals surface area contributed by atoms with Gasteiger partial charge in [-0.25, -0.2) is 0 Å². The van der Waals surface area contributed by atoms with E-state index in [2.05, 4.69) is 17.1 Å². The maximum atomic E-state index is 8.40. The fraction of sp³-hybridized carbons (Fsp3) is 0.364. The third-order valence-corrected chi connectivity index (χ3v) is 3.22. The van der Waals surface area contributed by atoms with Gasteiger partial charge in [0, 0.05) is 0 Å². The Balaban J connectivity index is 2.39. The van der Waals surface area contributed by atoms with Gasteiger partial charge in [-0.05, 0) is 0 Å². The Labute approximate surface area is 91.0 Å². The Morgan fingerprint density at radius 1 is 1.50 bits per heavy atom. The molecule has 0 aliphatic heterocycles. The molecular formula is C11H13NOSe. The van der Waals surface area contributed by atoms with Crippen molar-refractivity contribution in [3.8, 4) is 10.7 Å². The second kappa shape index (κ2) is 6.48. The molecule has 0 aromatic heterocycles. The molecular weight excluding hydrogens is 241 g/mol. The first-order valence-electron chi connectivity index (χ1n) is 4.50. The van der Waals surface area contributed by atoms with E-state index in [1.165, 1.54) is 5.56 Å². The molecule has 0 aliphatic carbocycles. The minimum absolute atomic E-state index is 0.166. The Bertz CT molecular complexity index is 319. The molecule has 74 valence electrons.